The van der Waals surface area contributed by atoms with Crippen molar-refractivity contribution in [1.82, 2.24) is 0 Å². The van der Waals surface area contributed by atoms with Gasteiger partial charge in [-0.05, 0) is 30.4 Å². The Morgan fingerprint density at radius 3 is 2.79 bits per heavy atom. The van der Waals surface area contributed by atoms with Crippen LogP contribution in [0.4, 0.5) is 11.4 Å². The van der Waals surface area contributed by atoms with Crippen LogP contribution in [0.3, 0.4) is 0 Å². The molecule has 1 aromatic rings. The molecule has 1 aromatic carbocycles. The average molecular weight is 259 g/mol. The van der Waals surface area contributed by atoms with E-state index in [0.717, 1.165) is 12.8 Å². The maximum absolute atomic E-state index is 10.9. The third kappa shape index (κ3) is 2.68. The van der Waals surface area contributed by atoms with Gasteiger partial charge < -0.3 is 5.32 Å². The van der Waals surface area contributed by atoms with E-state index < -0.39 is 4.92 Å². The Hall–Kier alpha value is -2.09. The summed E-state index contributed by atoms with van der Waals surface area (Å²) in [4.78, 5) is 10.4. The van der Waals surface area contributed by atoms with Gasteiger partial charge in [-0.25, -0.2) is 0 Å². The van der Waals surface area contributed by atoms with E-state index in [1.807, 2.05) is 6.07 Å². The number of hydrogen-bond acceptors (Lipinski definition) is 4. The lowest BCUT2D eigenvalue weighted by Crippen LogP contribution is -2.30. The lowest BCUT2D eigenvalue weighted by atomic mass is 9.87. The van der Waals surface area contributed by atoms with E-state index >= 15 is 0 Å². The summed E-state index contributed by atoms with van der Waals surface area (Å²) in [5, 5.41) is 23.1. The zero-order valence-electron chi connectivity index (χ0n) is 11.1. The fraction of sp³-hybridized carbons (Fsp3) is 0.500. The van der Waals surface area contributed by atoms with Gasteiger partial charge >= 0.3 is 0 Å². The van der Waals surface area contributed by atoms with E-state index in [4.69, 9.17) is 5.26 Å². The van der Waals surface area contributed by atoms with Crippen LogP contribution in [-0.4, -0.2) is 11.0 Å². The van der Waals surface area contributed by atoms with Gasteiger partial charge in [0.25, 0.3) is 5.69 Å². The maximum atomic E-state index is 10.9. The minimum absolute atomic E-state index is 0.0984. The normalized spacial score (nSPS) is 20.8. The molecule has 0 heterocycles. The Morgan fingerprint density at radius 1 is 1.53 bits per heavy atom. The summed E-state index contributed by atoms with van der Waals surface area (Å²) in [6.45, 7) is 4.41. The van der Waals surface area contributed by atoms with Crippen LogP contribution in [0.1, 0.15) is 38.7 Å². The standard InChI is InChI=1S/C14H17N3O2/c1-14(2)7-3-4-13(14)16-11-6-5-10(9-15)12(8-11)17(18)19/h5-6,8,13,16H,3-4,7H2,1-2H3. The highest BCUT2D eigenvalue weighted by Gasteiger charge is 2.34. The van der Waals surface area contributed by atoms with Crippen molar-refractivity contribution in [2.45, 2.75) is 39.2 Å². The highest BCUT2D eigenvalue weighted by molar-refractivity contribution is 5.59. The molecule has 100 valence electrons. The SMILES string of the molecule is CC1(C)CCCC1Nc1ccc(C#N)c([N+](=O)[O-])c1. The highest BCUT2D eigenvalue weighted by Crippen LogP contribution is 2.39. The zero-order valence-corrected chi connectivity index (χ0v) is 11.1. The molecule has 0 spiro atoms. The smallest absolute Gasteiger partial charge is 0.289 e. The summed E-state index contributed by atoms with van der Waals surface area (Å²) in [5.41, 5.74) is 0.873. The molecule has 5 nitrogen and oxygen atoms in total. The summed E-state index contributed by atoms with van der Waals surface area (Å²) in [6, 6.07) is 6.85. The van der Waals surface area contributed by atoms with E-state index in [1.54, 1.807) is 6.07 Å². The van der Waals surface area contributed by atoms with Crippen LogP contribution in [-0.2, 0) is 0 Å². The van der Waals surface area contributed by atoms with Gasteiger partial charge in [0.2, 0.25) is 0 Å². The molecule has 1 unspecified atom stereocenters. The molecule has 0 aromatic heterocycles. The maximum Gasteiger partial charge on any atom is 0.289 e. The van der Waals surface area contributed by atoms with Crippen LogP contribution in [0.2, 0.25) is 0 Å². The van der Waals surface area contributed by atoms with Gasteiger partial charge in [-0.15, -0.1) is 0 Å². The van der Waals surface area contributed by atoms with E-state index in [0.29, 0.717) is 11.7 Å². The van der Waals surface area contributed by atoms with Crippen LogP contribution >= 0.6 is 0 Å². The monoisotopic (exact) mass is 259 g/mol. The number of nitrogens with zero attached hydrogens (tertiary/aromatic N) is 2. The third-order valence-corrected chi connectivity index (χ3v) is 3.91. The summed E-state index contributed by atoms with van der Waals surface area (Å²) in [5.74, 6) is 0. The molecule has 19 heavy (non-hydrogen) atoms. The first-order valence-electron chi connectivity index (χ1n) is 6.39. The molecule has 1 N–H and O–H groups in total. The molecule has 0 amide bonds. The van der Waals surface area contributed by atoms with Crippen molar-refractivity contribution in [2.75, 3.05) is 5.32 Å². The molecule has 5 heteroatoms. The van der Waals surface area contributed by atoms with Crippen LogP contribution in [0, 0.1) is 26.9 Å². The largest absolute Gasteiger partial charge is 0.382 e. The fourth-order valence-electron chi connectivity index (χ4n) is 2.66. The van der Waals surface area contributed by atoms with E-state index in [1.165, 1.54) is 18.6 Å². The van der Waals surface area contributed by atoms with Crippen molar-refractivity contribution in [3.8, 4) is 6.07 Å². The van der Waals surface area contributed by atoms with Crippen molar-refractivity contribution in [3.05, 3.63) is 33.9 Å². The molecule has 1 fully saturated rings. The topological polar surface area (TPSA) is 79.0 Å². The predicted octanol–water partition coefficient (Wildman–Crippen LogP) is 3.46. The van der Waals surface area contributed by atoms with Crippen LogP contribution in [0.25, 0.3) is 0 Å². The number of benzene rings is 1. The number of hydrogen-bond donors (Lipinski definition) is 1. The summed E-state index contributed by atoms with van der Waals surface area (Å²) < 4.78 is 0. The van der Waals surface area contributed by atoms with Crippen LogP contribution in [0.15, 0.2) is 18.2 Å². The Bertz CT molecular complexity index is 546. The molecule has 0 aliphatic heterocycles. The molecule has 0 saturated heterocycles. The number of nitrogens with one attached hydrogen (secondary N) is 1. The van der Waals surface area contributed by atoms with Gasteiger partial charge in [-0.2, -0.15) is 5.26 Å². The molecule has 0 radical (unpaired) electrons. The van der Waals surface area contributed by atoms with E-state index in [2.05, 4.69) is 19.2 Å². The molecule has 2 rings (SSSR count). The van der Waals surface area contributed by atoms with Gasteiger partial charge in [0.15, 0.2) is 0 Å². The number of nitro groups is 1. The van der Waals surface area contributed by atoms with Crippen molar-refractivity contribution in [3.63, 3.8) is 0 Å². The quantitative estimate of drug-likeness (QED) is 0.666. The lowest BCUT2D eigenvalue weighted by molar-refractivity contribution is -0.385. The van der Waals surface area contributed by atoms with Crippen molar-refractivity contribution in [2.24, 2.45) is 5.41 Å². The van der Waals surface area contributed by atoms with Crippen LogP contribution in [0.5, 0.6) is 0 Å². The van der Waals surface area contributed by atoms with Crippen molar-refractivity contribution >= 4 is 11.4 Å². The van der Waals surface area contributed by atoms with Crippen molar-refractivity contribution in [1.29, 1.82) is 5.26 Å². The van der Waals surface area contributed by atoms with Crippen molar-refractivity contribution < 1.29 is 4.92 Å². The Balaban J connectivity index is 2.25. The Morgan fingerprint density at radius 2 is 2.26 bits per heavy atom. The first-order chi connectivity index (χ1) is 8.94. The van der Waals surface area contributed by atoms with E-state index in [-0.39, 0.29) is 16.7 Å². The fourth-order valence-corrected chi connectivity index (χ4v) is 2.66. The van der Waals surface area contributed by atoms with Gasteiger partial charge in [-0.3, -0.25) is 10.1 Å². The highest BCUT2D eigenvalue weighted by atomic mass is 16.6. The van der Waals surface area contributed by atoms with Gasteiger partial charge in [0, 0.05) is 17.8 Å². The summed E-state index contributed by atoms with van der Waals surface area (Å²) in [6.07, 6.45) is 3.40. The van der Waals surface area contributed by atoms with Crippen LogP contribution < -0.4 is 5.32 Å². The molecule has 1 saturated carbocycles. The minimum atomic E-state index is -0.510. The molecule has 1 aliphatic carbocycles. The van der Waals surface area contributed by atoms with Gasteiger partial charge in [-0.1, -0.05) is 20.3 Å². The Kier molecular flexibility index (Phi) is 3.43. The van der Waals surface area contributed by atoms with Gasteiger partial charge in [0.05, 0.1) is 4.92 Å². The van der Waals surface area contributed by atoms with Gasteiger partial charge in [0.1, 0.15) is 11.6 Å². The second kappa shape index (κ2) is 4.88. The second-order valence-electron chi connectivity index (χ2n) is 5.68. The van der Waals surface area contributed by atoms with E-state index in [9.17, 15) is 10.1 Å². The average Bonchev–Trinajstić information content (AvgIpc) is 2.68. The zero-order chi connectivity index (χ0) is 14.0. The predicted molar refractivity (Wildman–Crippen MR) is 72.9 cm³/mol. The minimum Gasteiger partial charge on any atom is -0.382 e. The molecule has 0 bridgehead atoms. The lowest BCUT2D eigenvalue weighted by Gasteiger charge is -2.28. The number of nitriles is 1. The summed E-state index contributed by atoms with van der Waals surface area (Å²) in [7, 11) is 0. The second-order valence-corrected chi connectivity index (χ2v) is 5.68. The first-order valence-corrected chi connectivity index (χ1v) is 6.39. The third-order valence-electron chi connectivity index (χ3n) is 3.91. The molecular weight excluding hydrogens is 242 g/mol. The number of anilines is 1. The number of nitro benzene ring substituents is 1. The molecule has 1 atom stereocenters. The molecular formula is C14H17N3O2. The summed E-state index contributed by atoms with van der Waals surface area (Å²) >= 11 is 0. The number of rotatable bonds is 3. The Labute approximate surface area is 112 Å². The first kappa shape index (κ1) is 13.3. The molecule has 1 aliphatic rings.